The van der Waals surface area contributed by atoms with E-state index in [9.17, 15) is 15.2 Å². The van der Waals surface area contributed by atoms with Crippen molar-refractivity contribution in [2.24, 2.45) is 5.92 Å². The highest BCUT2D eigenvalue weighted by Crippen LogP contribution is 2.31. The SMILES string of the molecule is CC(O)C1CCN(c2ccncc2[N+](=O)[O-])C1. The molecule has 0 radical (unpaired) electrons. The second kappa shape index (κ2) is 4.67. The highest BCUT2D eigenvalue weighted by Gasteiger charge is 2.29. The maximum atomic E-state index is 10.9. The molecule has 1 fully saturated rings. The highest BCUT2D eigenvalue weighted by molar-refractivity contribution is 5.62. The maximum absolute atomic E-state index is 10.9. The van der Waals surface area contributed by atoms with E-state index in [0.29, 0.717) is 12.2 Å². The van der Waals surface area contributed by atoms with Gasteiger partial charge in [-0.15, -0.1) is 0 Å². The average molecular weight is 237 g/mol. The lowest BCUT2D eigenvalue weighted by Crippen LogP contribution is -2.24. The number of pyridine rings is 1. The number of hydrogen-bond donors (Lipinski definition) is 1. The van der Waals surface area contributed by atoms with Crippen molar-refractivity contribution < 1.29 is 10.0 Å². The Morgan fingerprint density at radius 2 is 2.47 bits per heavy atom. The molecule has 1 aromatic rings. The molecule has 92 valence electrons. The molecule has 2 rings (SSSR count). The Hall–Kier alpha value is -1.69. The molecule has 1 aliphatic heterocycles. The Kier molecular flexibility index (Phi) is 3.23. The van der Waals surface area contributed by atoms with E-state index in [1.165, 1.54) is 6.20 Å². The summed E-state index contributed by atoms with van der Waals surface area (Å²) in [6.45, 7) is 3.15. The molecule has 2 atom stereocenters. The minimum absolute atomic E-state index is 0.0266. The number of nitro groups is 1. The molecule has 17 heavy (non-hydrogen) atoms. The van der Waals surface area contributed by atoms with E-state index in [1.807, 2.05) is 4.90 Å². The van der Waals surface area contributed by atoms with Gasteiger partial charge in [0.15, 0.2) is 0 Å². The standard InChI is InChI=1S/C11H15N3O3/c1-8(15)9-3-5-13(7-9)10-2-4-12-6-11(10)14(16)17/h2,4,6,8-9,15H,3,5,7H2,1H3. The van der Waals surface area contributed by atoms with Crippen molar-refractivity contribution in [3.8, 4) is 0 Å². The minimum Gasteiger partial charge on any atom is -0.393 e. The van der Waals surface area contributed by atoms with Crippen molar-refractivity contribution in [1.82, 2.24) is 4.98 Å². The molecule has 6 nitrogen and oxygen atoms in total. The van der Waals surface area contributed by atoms with E-state index in [1.54, 1.807) is 19.2 Å². The summed E-state index contributed by atoms with van der Waals surface area (Å²) in [4.78, 5) is 16.2. The molecule has 1 aliphatic rings. The third-order valence-corrected chi connectivity index (χ3v) is 3.22. The van der Waals surface area contributed by atoms with Crippen LogP contribution in [0.25, 0.3) is 0 Å². The molecule has 2 unspecified atom stereocenters. The number of aliphatic hydroxyl groups excluding tert-OH is 1. The fourth-order valence-electron chi connectivity index (χ4n) is 2.19. The van der Waals surface area contributed by atoms with Crippen molar-refractivity contribution in [2.75, 3.05) is 18.0 Å². The first-order valence-corrected chi connectivity index (χ1v) is 5.61. The Morgan fingerprint density at radius 3 is 3.06 bits per heavy atom. The predicted octanol–water partition coefficient (Wildman–Crippen LogP) is 1.20. The topological polar surface area (TPSA) is 79.5 Å². The molecule has 0 saturated carbocycles. The summed E-state index contributed by atoms with van der Waals surface area (Å²) >= 11 is 0. The summed E-state index contributed by atoms with van der Waals surface area (Å²) < 4.78 is 0. The number of nitrogens with zero attached hydrogens (tertiary/aromatic N) is 3. The normalized spacial score (nSPS) is 21.5. The van der Waals surface area contributed by atoms with Gasteiger partial charge in [-0.1, -0.05) is 0 Å². The number of aromatic nitrogens is 1. The summed E-state index contributed by atoms with van der Waals surface area (Å²) in [5.74, 6) is 0.183. The molecule has 0 amide bonds. The van der Waals surface area contributed by atoms with E-state index >= 15 is 0 Å². The van der Waals surface area contributed by atoms with E-state index < -0.39 is 4.92 Å². The van der Waals surface area contributed by atoms with Crippen LogP contribution in [0.15, 0.2) is 18.5 Å². The zero-order valence-electron chi connectivity index (χ0n) is 9.61. The maximum Gasteiger partial charge on any atom is 0.310 e. The number of rotatable bonds is 3. The van der Waals surface area contributed by atoms with E-state index in [-0.39, 0.29) is 17.7 Å². The lowest BCUT2D eigenvalue weighted by molar-refractivity contribution is -0.384. The summed E-state index contributed by atoms with van der Waals surface area (Å²) in [7, 11) is 0. The van der Waals surface area contributed by atoms with Crippen molar-refractivity contribution in [1.29, 1.82) is 0 Å². The molecule has 1 aromatic heterocycles. The van der Waals surface area contributed by atoms with Gasteiger partial charge < -0.3 is 10.0 Å². The van der Waals surface area contributed by atoms with Crippen LogP contribution in [-0.2, 0) is 0 Å². The second-order valence-electron chi connectivity index (χ2n) is 4.36. The first-order valence-electron chi connectivity index (χ1n) is 5.61. The molecule has 1 N–H and O–H groups in total. The molecule has 0 bridgehead atoms. The van der Waals surface area contributed by atoms with Crippen LogP contribution in [0, 0.1) is 16.0 Å². The third kappa shape index (κ3) is 2.36. The van der Waals surface area contributed by atoms with Crippen molar-refractivity contribution in [3.63, 3.8) is 0 Å². The minimum atomic E-state index is -0.419. The van der Waals surface area contributed by atoms with Gasteiger partial charge in [-0.3, -0.25) is 15.1 Å². The molecule has 0 aromatic carbocycles. The molecule has 6 heteroatoms. The summed E-state index contributed by atoms with van der Waals surface area (Å²) in [6, 6.07) is 1.66. The van der Waals surface area contributed by atoms with Gasteiger partial charge in [0.1, 0.15) is 11.9 Å². The van der Waals surface area contributed by atoms with E-state index in [0.717, 1.165) is 13.0 Å². The Labute approximate surface area is 99.0 Å². The molecule has 2 heterocycles. The molecule has 1 saturated heterocycles. The first kappa shape index (κ1) is 11.8. The van der Waals surface area contributed by atoms with Gasteiger partial charge in [0.05, 0.1) is 11.0 Å². The van der Waals surface area contributed by atoms with Crippen LogP contribution < -0.4 is 4.90 Å². The van der Waals surface area contributed by atoms with Gasteiger partial charge in [-0.25, -0.2) is 0 Å². The lowest BCUT2D eigenvalue weighted by Gasteiger charge is -2.19. The molecular formula is C11H15N3O3. The largest absolute Gasteiger partial charge is 0.393 e. The van der Waals surface area contributed by atoms with Crippen LogP contribution in [0.4, 0.5) is 11.4 Å². The van der Waals surface area contributed by atoms with Gasteiger partial charge in [0.25, 0.3) is 0 Å². The van der Waals surface area contributed by atoms with Gasteiger partial charge in [0.2, 0.25) is 0 Å². The quantitative estimate of drug-likeness (QED) is 0.631. The third-order valence-electron chi connectivity index (χ3n) is 3.22. The Bertz CT molecular complexity index is 422. The van der Waals surface area contributed by atoms with E-state index in [4.69, 9.17) is 0 Å². The summed E-state index contributed by atoms with van der Waals surface area (Å²) in [5.41, 5.74) is 0.617. The van der Waals surface area contributed by atoms with Gasteiger partial charge in [-0.2, -0.15) is 0 Å². The zero-order valence-corrected chi connectivity index (χ0v) is 9.61. The lowest BCUT2D eigenvalue weighted by atomic mass is 10.0. The highest BCUT2D eigenvalue weighted by atomic mass is 16.6. The molecular weight excluding hydrogens is 222 g/mol. The fraction of sp³-hybridized carbons (Fsp3) is 0.545. The second-order valence-corrected chi connectivity index (χ2v) is 4.36. The smallest absolute Gasteiger partial charge is 0.310 e. The Morgan fingerprint density at radius 1 is 1.71 bits per heavy atom. The number of anilines is 1. The van der Waals surface area contributed by atoms with Crippen LogP contribution in [0.1, 0.15) is 13.3 Å². The predicted molar refractivity (Wildman–Crippen MR) is 62.9 cm³/mol. The van der Waals surface area contributed by atoms with Crippen molar-refractivity contribution in [2.45, 2.75) is 19.4 Å². The van der Waals surface area contributed by atoms with E-state index in [2.05, 4.69) is 4.98 Å². The van der Waals surface area contributed by atoms with Gasteiger partial charge >= 0.3 is 5.69 Å². The number of hydrogen-bond acceptors (Lipinski definition) is 5. The van der Waals surface area contributed by atoms with Crippen LogP contribution in [0.5, 0.6) is 0 Å². The first-order chi connectivity index (χ1) is 8.09. The monoisotopic (exact) mass is 237 g/mol. The van der Waals surface area contributed by atoms with Crippen LogP contribution in [-0.4, -0.2) is 34.2 Å². The summed E-state index contributed by atoms with van der Waals surface area (Å²) in [6.07, 6.45) is 3.31. The van der Waals surface area contributed by atoms with Crippen LogP contribution >= 0.6 is 0 Å². The fourth-order valence-corrected chi connectivity index (χ4v) is 2.19. The van der Waals surface area contributed by atoms with Crippen LogP contribution in [0.2, 0.25) is 0 Å². The summed E-state index contributed by atoms with van der Waals surface area (Å²) in [5, 5.41) is 20.4. The Balaban J connectivity index is 2.21. The van der Waals surface area contributed by atoms with Crippen LogP contribution in [0.3, 0.4) is 0 Å². The number of aliphatic hydroxyl groups is 1. The molecule has 0 spiro atoms. The van der Waals surface area contributed by atoms with Crippen molar-refractivity contribution in [3.05, 3.63) is 28.6 Å². The van der Waals surface area contributed by atoms with Gasteiger partial charge in [-0.05, 0) is 19.4 Å². The zero-order chi connectivity index (χ0) is 12.4. The van der Waals surface area contributed by atoms with Gasteiger partial charge in [0, 0.05) is 25.2 Å². The van der Waals surface area contributed by atoms with Crippen molar-refractivity contribution >= 4 is 11.4 Å². The average Bonchev–Trinajstić information content (AvgIpc) is 2.78. The molecule has 0 aliphatic carbocycles.